The van der Waals surface area contributed by atoms with Crippen LogP contribution in [0.15, 0.2) is 36.4 Å². The van der Waals surface area contributed by atoms with Crippen molar-refractivity contribution in [2.24, 2.45) is 0 Å². The Labute approximate surface area is 120 Å². The topological polar surface area (TPSA) is 54.9 Å². The summed E-state index contributed by atoms with van der Waals surface area (Å²) in [7, 11) is 0. The zero-order chi connectivity index (χ0) is 14.1. The van der Waals surface area contributed by atoms with Crippen molar-refractivity contribution in [3.8, 4) is 0 Å². The first-order chi connectivity index (χ1) is 9.61. The minimum atomic E-state index is -0.120. The lowest BCUT2D eigenvalue weighted by Gasteiger charge is -2.07. The summed E-state index contributed by atoms with van der Waals surface area (Å²) in [6.45, 7) is 4.02. The summed E-state index contributed by atoms with van der Waals surface area (Å²) in [6.07, 6.45) is 0. The Morgan fingerprint density at radius 2 is 1.85 bits per heavy atom. The van der Waals surface area contributed by atoms with E-state index in [0.29, 0.717) is 5.56 Å². The molecule has 0 aliphatic carbocycles. The van der Waals surface area contributed by atoms with Crippen LogP contribution in [-0.2, 0) is 0 Å². The minimum absolute atomic E-state index is 0.120. The van der Waals surface area contributed by atoms with Gasteiger partial charge in [0.1, 0.15) is 5.52 Å². The highest BCUT2D eigenvalue weighted by Gasteiger charge is 2.09. The highest BCUT2D eigenvalue weighted by Crippen LogP contribution is 2.19. The van der Waals surface area contributed by atoms with E-state index >= 15 is 0 Å². The Morgan fingerprint density at radius 3 is 2.60 bits per heavy atom. The van der Waals surface area contributed by atoms with Gasteiger partial charge in [0, 0.05) is 11.3 Å². The standard InChI is InChI=1S/C15H13N3OS/c1-9-5-10(2)7-12(6-9)16-15(19)11-3-4-13-14(8-11)20-18-17-13/h3-8H,1-2H3,(H,16,19). The number of nitrogens with one attached hydrogen (secondary N) is 1. The second-order valence-corrected chi connectivity index (χ2v) is 5.57. The molecule has 1 amide bonds. The lowest BCUT2D eigenvalue weighted by molar-refractivity contribution is 0.102. The Hall–Kier alpha value is -2.27. The predicted octanol–water partition coefficient (Wildman–Crippen LogP) is 3.56. The summed E-state index contributed by atoms with van der Waals surface area (Å²) in [5, 5.41) is 6.88. The smallest absolute Gasteiger partial charge is 0.255 e. The number of carbonyl (C=O) groups excluding carboxylic acids is 1. The lowest BCUT2D eigenvalue weighted by atomic mass is 10.1. The van der Waals surface area contributed by atoms with E-state index in [0.717, 1.165) is 27.0 Å². The molecule has 100 valence electrons. The average molecular weight is 283 g/mol. The Bertz CT molecular complexity index is 774. The van der Waals surface area contributed by atoms with Crippen LogP contribution in [0.2, 0.25) is 0 Å². The van der Waals surface area contributed by atoms with E-state index in [4.69, 9.17) is 0 Å². The maximum Gasteiger partial charge on any atom is 0.255 e. The fourth-order valence-electron chi connectivity index (χ4n) is 2.17. The normalized spacial score (nSPS) is 10.7. The first-order valence-electron chi connectivity index (χ1n) is 6.23. The zero-order valence-electron chi connectivity index (χ0n) is 11.2. The van der Waals surface area contributed by atoms with Gasteiger partial charge in [-0.3, -0.25) is 4.79 Å². The predicted molar refractivity (Wildman–Crippen MR) is 81.3 cm³/mol. The number of amides is 1. The fraction of sp³-hybridized carbons (Fsp3) is 0.133. The first kappa shape index (κ1) is 12.7. The van der Waals surface area contributed by atoms with Gasteiger partial charge in [0.2, 0.25) is 0 Å². The number of carbonyl (C=O) groups is 1. The molecule has 0 saturated carbocycles. The second-order valence-electron chi connectivity index (χ2n) is 4.79. The first-order valence-corrected chi connectivity index (χ1v) is 7.01. The number of nitrogens with zero attached hydrogens (tertiary/aromatic N) is 2. The van der Waals surface area contributed by atoms with E-state index in [9.17, 15) is 4.79 Å². The molecule has 3 aromatic rings. The largest absolute Gasteiger partial charge is 0.322 e. The van der Waals surface area contributed by atoms with Crippen LogP contribution in [0.1, 0.15) is 21.5 Å². The minimum Gasteiger partial charge on any atom is -0.322 e. The van der Waals surface area contributed by atoms with Gasteiger partial charge in [0.25, 0.3) is 5.91 Å². The molecule has 0 bridgehead atoms. The highest BCUT2D eigenvalue weighted by molar-refractivity contribution is 7.12. The summed E-state index contributed by atoms with van der Waals surface area (Å²) in [5.41, 5.74) is 4.50. The van der Waals surface area contributed by atoms with Crippen LogP contribution in [0, 0.1) is 13.8 Å². The average Bonchev–Trinajstić information content (AvgIpc) is 2.84. The van der Waals surface area contributed by atoms with Crippen molar-refractivity contribution in [3.63, 3.8) is 0 Å². The number of rotatable bonds is 2. The fourth-order valence-corrected chi connectivity index (χ4v) is 2.77. The van der Waals surface area contributed by atoms with Crippen LogP contribution in [-0.4, -0.2) is 15.5 Å². The van der Waals surface area contributed by atoms with Crippen LogP contribution in [0.5, 0.6) is 0 Å². The summed E-state index contributed by atoms with van der Waals surface area (Å²) in [5.74, 6) is -0.120. The molecule has 1 aromatic heterocycles. The molecule has 1 N–H and O–H groups in total. The van der Waals surface area contributed by atoms with E-state index in [1.54, 1.807) is 6.07 Å². The molecule has 0 fully saturated rings. The van der Waals surface area contributed by atoms with Gasteiger partial charge in [-0.05, 0) is 66.8 Å². The number of benzene rings is 2. The molecule has 2 aromatic carbocycles. The van der Waals surface area contributed by atoms with Gasteiger partial charge in [0.15, 0.2) is 0 Å². The third-order valence-electron chi connectivity index (χ3n) is 2.99. The molecule has 0 unspecified atom stereocenters. The van der Waals surface area contributed by atoms with Crippen molar-refractivity contribution < 1.29 is 4.79 Å². The maximum absolute atomic E-state index is 12.3. The molecular formula is C15H13N3OS. The van der Waals surface area contributed by atoms with E-state index in [2.05, 4.69) is 21.0 Å². The third-order valence-corrected chi connectivity index (χ3v) is 3.68. The number of anilines is 1. The van der Waals surface area contributed by atoms with Gasteiger partial charge in [-0.2, -0.15) is 0 Å². The molecule has 3 rings (SSSR count). The molecule has 20 heavy (non-hydrogen) atoms. The number of hydrogen-bond acceptors (Lipinski definition) is 4. The van der Waals surface area contributed by atoms with Gasteiger partial charge < -0.3 is 5.32 Å². The van der Waals surface area contributed by atoms with Crippen molar-refractivity contribution in [1.29, 1.82) is 0 Å². The van der Waals surface area contributed by atoms with Gasteiger partial charge in [-0.1, -0.05) is 10.6 Å². The molecule has 4 nitrogen and oxygen atoms in total. The molecule has 5 heteroatoms. The van der Waals surface area contributed by atoms with E-state index in [1.165, 1.54) is 11.5 Å². The molecule has 0 aliphatic rings. The van der Waals surface area contributed by atoms with Gasteiger partial charge in [-0.25, -0.2) is 0 Å². The van der Waals surface area contributed by atoms with E-state index in [1.807, 2.05) is 38.1 Å². The van der Waals surface area contributed by atoms with Crippen molar-refractivity contribution in [2.45, 2.75) is 13.8 Å². The molecule has 0 radical (unpaired) electrons. The van der Waals surface area contributed by atoms with Gasteiger partial charge >= 0.3 is 0 Å². The third kappa shape index (κ3) is 2.53. The zero-order valence-corrected chi connectivity index (χ0v) is 12.0. The molecule has 0 saturated heterocycles. The van der Waals surface area contributed by atoms with Crippen LogP contribution in [0.4, 0.5) is 5.69 Å². The molecule has 0 spiro atoms. The van der Waals surface area contributed by atoms with Gasteiger partial charge in [-0.15, -0.1) is 5.10 Å². The van der Waals surface area contributed by atoms with Crippen molar-refractivity contribution in [2.75, 3.05) is 5.32 Å². The molecular weight excluding hydrogens is 270 g/mol. The van der Waals surface area contributed by atoms with E-state index in [-0.39, 0.29) is 5.91 Å². The van der Waals surface area contributed by atoms with E-state index < -0.39 is 0 Å². The van der Waals surface area contributed by atoms with Gasteiger partial charge in [0.05, 0.1) is 4.70 Å². The van der Waals surface area contributed by atoms with Crippen molar-refractivity contribution >= 4 is 33.3 Å². The van der Waals surface area contributed by atoms with Crippen molar-refractivity contribution in [3.05, 3.63) is 53.1 Å². The highest BCUT2D eigenvalue weighted by atomic mass is 32.1. The number of fused-ring (bicyclic) bond motifs is 1. The van der Waals surface area contributed by atoms with Crippen LogP contribution >= 0.6 is 11.5 Å². The molecule has 0 atom stereocenters. The summed E-state index contributed by atoms with van der Waals surface area (Å²) < 4.78 is 4.78. The Morgan fingerprint density at radius 1 is 1.10 bits per heavy atom. The SMILES string of the molecule is Cc1cc(C)cc(NC(=O)c2ccc3nnsc3c2)c1. The monoisotopic (exact) mass is 283 g/mol. The number of hydrogen-bond donors (Lipinski definition) is 1. The van der Waals surface area contributed by atoms with Crippen molar-refractivity contribution in [1.82, 2.24) is 9.59 Å². The van der Waals surface area contributed by atoms with Crippen LogP contribution in [0.25, 0.3) is 10.2 Å². The van der Waals surface area contributed by atoms with Crippen LogP contribution in [0.3, 0.4) is 0 Å². The Kier molecular flexibility index (Phi) is 3.20. The second kappa shape index (κ2) is 5.02. The number of aromatic nitrogens is 2. The Balaban J connectivity index is 1.88. The molecule has 1 heterocycles. The lowest BCUT2D eigenvalue weighted by Crippen LogP contribution is -2.11. The summed E-state index contributed by atoms with van der Waals surface area (Å²) in [6, 6.07) is 11.4. The quantitative estimate of drug-likeness (QED) is 0.782. The summed E-state index contributed by atoms with van der Waals surface area (Å²) in [4.78, 5) is 12.3. The maximum atomic E-state index is 12.3. The molecule has 0 aliphatic heterocycles. The summed E-state index contributed by atoms with van der Waals surface area (Å²) >= 11 is 1.29. The van der Waals surface area contributed by atoms with Crippen LogP contribution < -0.4 is 5.32 Å². The number of aryl methyl sites for hydroxylation is 2.